The van der Waals surface area contributed by atoms with Crippen molar-refractivity contribution < 1.29 is 0 Å². The summed E-state index contributed by atoms with van der Waals surface area (Å²) in [4.78, 5) is 6.85. The van der Waals surface area contributed by atoms with Crippen LogP contribution in [-0.4, -0.2) is 27.5 Å². The van der Waals surface area contributed by atoms with E-state index < -0.39 is 0 Å². The van der Waals surface area contributed by atoms with Gasteiger partial charge in [-0.2, -0.15) is 0 Å². The number of likely N-dealkylation sites (tertiary alicyclic amines) is 1. The molecular formula is C13H25N3. The molecule has 0 atom stereocenters. The summed E-state index contributed by atoms with van der Waals surface area (Å²) < 4.78 is 2.11. The summed E-state index contributed by atoms with van der Waals surface area (Å²) in [7, 11) is 2.06. The van der Waals surface area contributed by atoms with E-state index in [4.69, 9.17) is 0 Å². The first-order chi connectivity index (χ1) is 7.75. The van der Waals surface area contributed by atoms with Gasteiger partial charge in [0.25, 0.3) is 0 Å². The third-order valence-electron chi connectivity index (χ3n) is 3.16. The summed E-state index contributed by atoms with van der Waals surface area (Å²) in [5, 5.41) is 0. The lowest BCUT2D eigenvalue weighted by atomic mass is 9.99. The third kappa shape index (κ3) is 3.63. The molecule has 92 valence electrons. The van der Waals surface area contributed by atoms with E-state index in [0.717, 1.165) is 12.5 Å². The number of rotatable bonds is 2. The van der Waals surface area contributed by atoms with Gasteiger partial charge >= 0.3 is 0 Å². The molecule has 16 heavy (non-hydrogen) atoms. The Bertz CT molecular complexity index is 285. The molecule has 1 aliphatic rings. The van der Waals surface area contributed by atoms with Crippen molar-refractivity contribution in [3.8, 4) is 0 Å². The number of aryl methyl sites for hydroxylation is 1. The maximum Gasteiger partial charge on any atom is 0.122 e. The molecule has 1 aromatic rings. The number of nitrogens with zero attached hydrogens (tertiary/aromatic N) is 3. The Morgan fingerprint density at radius 2 is 1.94 bits per heavy atom. The van der Waals surface area contributed by atoms with Gasteiger partial charge in [-0.3, -0.25) is 4.90 Å². The highest BCUT2D eigenvalue weighted by Crippen LogP contribution is 2.17. The molecule has 3 heteroatoms. The van der Waals surface area contributed by atoms with Gasteiger partial charge in [0.2, 0.25) is 0 Å². The maximum atomic E-state index is 4.35. The number of hydrogen-bond acceptors (Lipinski definition) is 2. The largest absolute Gasteiger partial charge is 0.337 e. The molecule has 0 saturated carbocycles. The van der Waals surface area contributed by atoms with E-state index in [2.05, 4.69) is 28.4 Å². The molecule has 0 aliphatic carbocycles. The van der Waals surface area contributed by atoms with E-state index in [-0.39, 0.29) is 0 Å². The van der Waals surface area contributed by atoms with Gasteiger partial charge in [-0.1, -0.05) is 20.8 Å². The molecule has 0 N–H and O–H groups in total. The van der Waals surface area contributed by atoms with Gasteiger partial charge in [0.05, 0.1) is 6.54 Å². The summed E-state index contributed by atoms with van der Waals surface area (Å²) >= 11 is 0. The molecule has 1 aliphatic heterocycles. The van der Waals surface area contributed by atoms with Crippen molar-refractivity contribution in [3.05, 3.63) is 18.2 Å². The minimum Gasteiger partial charge on any atom is -0.337 e. The predicted octanol–water partition coefficient (Wildman–Crippen LogP) is 2.68. The quantitative estimate of drug-likeness (QED) is 0.768. The molecule has 0 unspecified atom stereocenters. The van der Waals surface area contributed by atoms with Gasteiger partial charge in [-0.05, 0) is 31.8 Å². The standard InChI is InChI=1S/C11H19N3.C2H6/c1-10-3-6-14(7-4-10)9-11-12-5-8-13(11)2;1-2/h5,8,10H,3-4,6-7,9H2,1-2H3;1-2H3. The Labute approximate surface area is 99.5 Å². The first-order valence-corrected chi connectivity index (χ1v) is 6.44. The minimum atomic E-state index is 0.910. The molecule has 1 fully saturated rings. The molecule has 2 rings (SSSR count). The van der Waals surface area contributed by atoms with E-state index >= 15 is 0 Å². The Balaban J connectivity index is 0.000000606. The highest BCUT2D eigenvalue weighted by molar-refractivity contribution is 4.91. The first-order valence-electron chi connectivity index (χ1n) is 6.44. The fraction of sp³-hybridized carbons (Fsp3) is 0.769. The summed E-state index contributed by atoms with van der Waals surface area (Å²) in [6.45, 7) is 9.82. The number of aromatic nitrogens is 2. The molecule has 0 aromatic carbocycles. The fourth-order valence-corrected chi connectivity index (χ4v) is 1.97. The van der Waals surface area contributed by atoms with Gasteiger partial charge in [-0.15, -0.1) is 0 Å². The van der Waals surface area contributed by atoms with E-state index in [1.165, 1.54) is 31.8 Å². The maximum absolute atomic E-state index is 4.35. The summed E-state index contributed by atoms with van der Waals surface area (Å²) in [5.74, 6) is 2.09. The Hall–Kier alpha value is -0.830. The van der Waals surface area contributed by atoms with Crippen LogP contribution in [0, 0.1) is 5.92 Å². The van der Waals surface area contributed by atoms with E-state index in [9.17, 15) is 0 Å². The molecule has 0 spiro atoms. The highest BCUT2D eigenvalue weighted by atomic mass is 15.2. The first kappa shape index (κ1) is 13.2. The number of piperidine rings is 1. The van der Waals surface area contributed by atoms with Gasteiger partial charge in [-0.25, -0.2) is 4.98 Å². The molecule has 3 nitrogen and oxygen atoms in total. The van der Waals surface area contributed by atoms with Crippen LogP contribution < -0.4 is 0 Å². The summed E-state index contributed by atoms with van der Waals surface area (Å²) in [6, 6.07) is 0. The third-order valence-corrected chi connectivity index (χ3v) is 3.16. The zero-order chi connectivity index (χ0) is 12.0. The Morgan fingerprint density at radius 1 is 1.31 bits per heavy atom. The van der Waals surface area contributed by atoms with Crippen molar-refractivity contribution in [3.63, 3.8) is 0 Å². The minimum absolute atomic E-state index is 0.910. The summed E-state index contributed by atoms with van der Waals surface area (Å²) in [5.41, 5.74) is 0. The molecule has 0 radical (unpaired) electrons. The lowest BCUT2D eigenvalue weighted by Crippen LogP contribution is -2.33. The van der Waals surface area contributed by atoms with Gasteiger partial charge in [0.15, 0.2) is 0 Å². The smallest absolute Gasteiger partial charge is 0.122 e. The average Bonchev–Trinajstić information content (AvgIpc) is 2.71. The topological polar surface area (TPSA) is 21.1 Å². The van der Waals surface area contributed by atoms with Crippen LogP contribution in [0.4, 0.5) is 0 Å². The van der Waals surface area contributed by atoms with E-state index in [1.54, 1.807) is 0 Å². The van der Waals surface area contributed by atoms with Crippen molar-refractivity contribution in [2.45, 2.75) is 40.2 Å². The molecule has 1 aromatic heterocycles. The molecule has 0 bridgehead atoms. The van der Waals surface area contributed by atoms with Crippen molar-refractivity contribution in [1.29, 1.82) is 0 Å². The van der Waals surface area contributed by atoms with Crippen molar-refractivity contribution in [2.75, 3.05) is 13.1 Å². The fourth-order valence-electron chi connectivity index (χ4n) is 1.97. The summed E-state index contributed by atoms with van der Waals surface area (Å²) in [6.07, 6.45) is 6.57. The lowest BCUT2D eigenvalue weighted by molar-refractivity contribution is 0.180. The number of hydrogen-bond donors (Lipinski definition) is 0. The zero-order valence-corrected chi connectivity index (χ0v) is 11.1. The second-order valence-corrected chi connectivity index (χ2v) is 4.41. The lowest BCUT2D eigenvalue weighted by Gasteiger charge is -2.29. The molecular weight excluding hydrogens is 198 g/mol. The molecule has 2 heterocycles. The Morgan fingerprint density at radius 3 is 2.44 bits per heavy atom. The van der Waals surface area contributed by atoms with Crippen LogP contribution in [0.2, 0.25) is 0 Å². The van der Waals surface area contributed by atoms with Gasteiger partial charge in [0, 0.05) is 19.4 Å². The predicted molar refractivity (Wildman–Crippen MR) is 68.2 cm³/mol. The van der Waals surface area contributed by atoms with Crippen molar-refractivity contribution in [2.24, 2.45) is 13.0 Å². The second kappa shape index (κ2) is 6.69. The van der Waals surface area contributed by atoms with E-state index in [1.807, 2.05) is 26.2 Å². The van der Waals surface area contributed by atoms with Crippen LogP contribution >= 0.6 is 0 Å². The highest BCUT2D eigenvalue weighted by Gasteiger charge is 2.16. The average molecular weight is 223 g/mol. The van der Waals surface area contributed by atoms with Gasteiger partial charge in [0.1, 0.15) is 5.82 Å². The van der Waals surface area contributed by atoms with Gasteiger partial charge < -0.3 is 4.57 Å². The SMILES string of the molecule is CC.CC1CCN(Cc2nccn2C)CC1. The van der Waals surface area contributed by atoms with Crippen LogP contribution in [-0.2, 0) is 13.6 Å². The van der Waals surface area contributed by atoms with Crippen molar-refractivity contribution >= 4 is 0 Å². The van der Waals surface area contributed by atoms with Crippen LogP contribution in [0.3, 0.4) is 0 Å². The van der Waals surface area contributed by atoms with Crippen LogP contribution in [0.1, 0.15) is 39.4 Å². The Kier molecular flexibility index (Phi) is 5.53. The van der Waals surface area contributed by atoms with Crippen LogP contribution in [0.15, 0.2) is 12.4 Å². The second-order valence-electron chi connectivity index (χ2n) is 4.41. The molecule has 0 amide bonds. The van der Waals surface area contributed by atoms with E-state index in [0.29, 0.717) is 0 Å². The zero-order valence-electron chi connectivity index (χ0n) is 11.1. The van der Waals surface area contributed by atoms with Crippen LogP contribution in [0.5, 0.6) is 0 Å². The van der Waals surface area contributed by atoms with Crippen LogP contribution in [0.25, 0.3) is 0 Å². The normalized spacial score (nSPS) is 18.0. The monoisotopic (exact) mass is 223 g/mol. The molecule has 1 saturated heterocycles. The van der Waals surface area contributed by atoms with Crippen molar-refractivity contribution in [1.82, 2.24) is 14.5 Å². The number of imidazole rings is 1.